The van der Waals surface area contributed by atoms with E-state index in [1.54, 1.807) is 7.11 Å². The first-order valence-corrected chi connectivity index (χ1v) is 8.14. The van der Waals surface area contributed by atoms with Gasteiger partial charge in [0.05, 0.1) is 18.5 Å². The third kappa shape index (κ3) is 3.55. The molecule has 0 saturated heterocycles. The number of carbonyl (C=O) groups excluding carboxylic acids is 1. The van der Waals surface area contributed by atoms with E-state index >= 15 is 0 Å². The molecule has 3 rings (SSSR count). The van der Waals surface area contributed by atoms with Gasteiger partial charge in [-0.15, -0.1) is 11.3 Å². The minimum Gasteiger partial charge on any atom is -0.550 e. The standard InChI is InChI=1S/C18H16N2O3S/c1-23-14-10-6-5-9-13(14)19-18-20-17(12-7-3-2-4-8-12)15(24-18)11-16(21)22/h2-10H,11H2,1H3,(H,19,20)(H,21,22)/p-1. The van der Waals surface area contributed by atoms with E-state index in [4.69, 9.17) is 4.74 Å². The molecule has 3 aromatic rings. The first kappa shape index (κ1) is 16.0. The molecule has 1 N–H and O–H groups in total. The number of thiazole rings is 1. The molecule has 24 heavy (non-hydrogen) atoms. The third-order valence-electron chi connectivity index (χ3n) is 3.40. The molecule has 0 saturated carbocycles. The van der Waals surface area contributed by atoms with Crippen LogP contribution in [0.2, 0.25) is 0 Å². The van der Waals surface area contributed by atoms with Gasteiger partial charge in [0, 0.05) is 22.8 Å². The molecule has 2 aromatic carbocycles. The summed E-state index contributed by atoms with van der Waals surface area (Å²) in [4.78, 5) is 16.3. The fourth-order valence-electron chi connectivity index (χ4n) is 2.34. The van der Waals surface area contributed by atoms with E-state index in [-0.39, 0.29) is 6.42 Å². The largest absolute Gasteiger partial charge is 0.550 e. The second kappa shape index (κ2) is 7.14. The van der Waals surface area contributed by atoms with Crippen molar-refractivity contribution in [2.45, 2.75) is 6.42 Å². The number of carboxylic acid groups (broad SMARTS) is 1. The van der Waals surface area contributed by atoms with Gasteiger partial charge in [0.15, 0.2) is 5.13 Å². The number of anilines is 2. The number of carboxylic acids is 1. The SMILES string of the molecule is COc1ccccc1Nc1nc(-c2ccccc2)c(CC(=O)[O-])s1. The number of aromatic nitrogens is 1. The highest BCUT2D eigenvalue weighted by molar-refractivity contribution is 7.16. The summed E-state index contributed by atoms with van der Waals surface area (Å²) in [6.45, 7) is 0. The summed E-state index contributed by atoms with van der Waals surface area (Å²) in [5.41, 5.74) is 2.30. The lowest BCUT2D eigenvalue weighted by molar-refractivity contribution is -0.304. The molecule has 0 unspecified atom stereocenters. The number of carbonyl (C=O) groups is 1. The highest BCUT2D eigenvalue weighted by Crippen LogP contribution is 2.35. The van der Waals surface area contributed by atoms with Crippen molar-refractivity contribution < 1.29 is 14.6 Å². The van der Waals surface area contributed by atoms with E-state index in [1.807, 2.05) is 54.6 Å². The van der Waals surface area contributed by atoms with E-state index in [2.05, 4.69) is 10.3 Å². The Hall–Kier alpha value is -2.86. The summed E-state index contributed by atoms with van der Waals surface area (Å²) < 4.78 is 5.31. The van der Waals surface area contributed by atoms with Gasteiger partial charge in [0.1, 0.15) is 5.75 Å². The Morgan fingerprint density at radius 1 is 1.17 bits per heavy atom. The van der Waals surface area contributed by atoms with Gasteiger partial charge in [0.25, 0.3) is 0 Å². The van der Waals surface area contributed by atoms with E-state index < -0.39 is 5.97 Å². The van der Waals surface area contributed by atoms with E-state index in [1.165, 1.54) is 11.3 Å². The molecule has 122 valence electrons. The number of para-hydroxylation sites is 2. The quantitative estimate of drug-likeness (QED) is 0.747. The maximum absolute atomic E-state index is 11.0. The van der Waals surface area contributed by atoms with Crippen LogP contribution >= 0.6 is 11.3 Å². The molecular formula is C18H15N2O3S-. The Balaban J connectivity index is 1.97. The van der Waals surface area contributed by atoms with Crippen LogP contribution in [0.5, 0.6) is 5.75 Å². The summed E-state index contributed by atoms with van der Waals surface area (Å²) >= 11 is 1.30. The van der Waals surface area contributed by atoms with Crippen LogP contribution in [0.1, 0.15) is 4.88 Å². The van der Waals surface area contributed by atoms with Crippen LogP contribution in [-0.2, 0) is 11.2 Å². The Bertz CT molecular complexity index is 846. The summed E-state index contributed by atoms with van der Waals surface area (Å²) in [7, 11) is 1.60. The van der Waals surface area contributed by atoms with Crippen molar-refractivity contribution in [2.24, 2.45) is 0 Å². The summed E-state index contributed by atoms with van der Waals surface area (Å²) in [5, 5.41) is 14.9. The summed E-state index contributed by atoms with van der Waals surface area (Å²) in [6.07, 6.45) is -0.171. The molecule has 0 atom stereocenters. The molecule has 1 aromatic heterocycles. The Morgan fingerprint density at radius 2 is 1.88 bits per heavy atom. The second-order valence-electron chi connectivity index (χ2n) is 5.03. The summed E-state index contributed by atoms with van der Waals surface area (Å²) in [6, 6.07) is 17.0. The van der Waals surface area contributed by atoms with Crippen molar-refractivity contribution in [1.29, 1.82) is 0 Å². The minimum absolute atomic E-state index is 0.171. The molecule has 6 heteroatoms. The van der Waals surface area contributed by atoms with Crippen LogP contribution in [0, 0.1) is 0 Å². The van der Waals surface area contributed by atoms with Crippen LogP contribution < -0.4 is 15.2 Å². The zero-order valence-electron chi connectivity index (χ0n) is 13.0. The second-order valence-corrected chi connectivity index (χ2v) is 6.11. The zero-order valence-corrected chi connectivity index (χ0v) is 13.8. The monoisotopic (exact) mass is 339 g/mol. The Kier molecular flexibility index (Phi) is 4.77. The maximum Gasteiger partial charge on any atom is 0.188 e. The maximum atomic E-state index is 11.0. The van der Waals surface area contributed by atoms with Crippen molar-refractivity contribution in [3.05, 3.63) is 59.5 Å². The number of nitrogens with zero attached hydrogens (tertiary/aromatic N) is 1. The van der Waals surface area contributed by atoms with Gasteiger partial charge in [-0.05, 0) is 12.1 Å². The predicted octanol–water partition coefficient (Wildman–Crippen LogP) is 2.85. The van der Waals surface area contributed by atoms with Crippen LogP contribution in [0.3, 0.4) is 0 Å². The number of ether oxygens (including phenoxy) is 1. The molecule has 0 aliphatic carbocycles. The van der Waals surface area contributed by atoms with Crippen LogP contribution in [-0.4, -0.2) is 18.1 Å². The molecule has 0 aliphatic rings. The van der Waals surface area contributed by atoms with Crippen molar-refractivity contribution in [3.63, 3.8) is 0 Å². The average molecular weight is 339 g/mol. The predicted molar refractivity (Wildman–Crippen MR) is 92.5 cm³/mol. The topological polar surface area (TPSA) is 74.3 Å². The van der Waals surface area contributed by atoms with E-state index in [0.29, 0.717) is 21.5 Å². The van der Waals surface area contributed by atoms with Gasteiger partial charge in [-0.1, -0.05) is 42.5 Å². The van der Waals surface area contributed by atoms with Gasteiger partial charge in [-0.25, -0.2) is 4.98 Å². The van der Waals surface area contributed by atoms with Crippen molar-refractivity contribution >= 4 is 28.1 Å². The lowest BCUT2D eigenvalue weighted by Gasteiger charge is -2.08. The molecule has 0 radical (unpaired) electrons. The van der Waals surface area contributed by atoms with Crippen LogP contribution in [0.15, 0.2) is 54.6 Å². The average Bonchev–Trinajstić information content (AvgIpc) is 2.97. The number of methoxy groups -OCH3 is 1. The minimum atomic E-state index is -1.13. The van der Waals surface area contributed by atoms with Crippen LogP contribution in [0.4, 0.5) is 10.8 Å². The number of rotatable bonds is 6. The summed E-state index contributed by atoms with van der Waals surface area (Å²) in [5.74, 6) is -0.435. The van der Waals surface area contributed by atoms with Gasteiger partial charge >= 0.3 is 0 Å². The van der Waals surface area contributed by atoms with Crippen molar-refractivity contribution in [2.75, 3.05) is 12.4 Å². The van der Waals surface area contributed by atoms with Crippen molar-refractivity contribution in [3.8, 4) is 17.0 Å². The molecule has 0 aliphatic heterocycles. The highest BCUT2D eigenvalue weighted by Gasteiger charge is 2.14. The molecule has 0 bridgehead atoms. The van der Waals surface area contributed by atoms with Gasteiger partial charge in [-0.2, -0.15) is 0 Å². The molecule has 0 fully saturated rings. The molecule has 0 amide bonds. The lowest BCUT2D eigenvalue weighted by Crippen LogP contribution is -2.24. The first-order chi connectivity index (χ1) is 11.7. The van der Waals surface area contributed by atoms with Gasteiger partial charge in [-0.3, -0.25) is 0 Å². The molecule has 0 spiro atoms. The lowest BCUT2D eigenvalue weighted by atomic mass is 10.1. The highest BCUT2D eigenvalue weighted by atomic mass is 32.1. The molecule has 1 heterocycles. The van der Waals surface area contributed by atoms with E-state index in [9.17, 15) is 9.90 Å². The zero-order chi connectivity index (χ0) is 16.9. The Labute approximate surface area is 143 Å². The van der Waals surface area contributed by atoms with E-state index in [0.717, 1.165) is 11.3 Å². The number of nitrogens with one attached hydrogen (secondary N) is 1. The number of aliphatic carboxylic acids is 1. The number of benzene rings is 2. The van der Waals surface area contributed by atoms with Gasteiger partial charge < -0.3 is 20.0 Å². The number of hydrogen-bond donors (Lipinski definition) is 1. The molecule has 5 nitrogen and oxygen atoms in total. The first-order valence-electron chi connectivity index (χ1n) is 7.32. The fraction of sp³-hybridized carbons (Fsp3) is 0.111. The third-order valence-corrected chi connectivity index (χ3v) is 4.37. The van der Waals surface area contributed by atoms with Crippen molar-refractivity contribution in [1.82, 2.24) is 4.98 Å². The number of hydrogen-bond acceptors (Lipinski definition) is 6. The normalized spacial score (nSPS) is 10.4. The fourth-order valence-corrected chi connectivity index (χ4v) is 3.32. The van der Waals surface area contributed by atoms with Gasteiger partial charge in [0.2, 0.25) is 0 Å². The smallest absolute Gasteiger partial charge is 0.188 e. The van der Waals surface area contributed by atoms with Crippen LogP contribution in [0.25, 0.3) is 11.3 Å². The Morgan fingerprint density at radius 3 is 2.58 bits per heavy atom. The molecular weight excluding hydrogens is 324 g/mol.